The van der Waals surface area contributed by atoms with Gasteiger partial charge in [0, 0.05) is 75.4 Å². The van der Waals surface area contributed by atoms with Crippen LogP contribution in [0.4, 0.5) is 36.8 Å². The van der Waals surface area contributed by atoms with Gasteiger partial charge in [-0.05, 0) is 31.2 Å². The van der Waals surface area contributed by atoms with Crippen molar-refractivity contribution in [2.45, 2.75) is 44.9 Å². The van der Waals surface area contributed by atoms with Gasteiger partial charge in [0.05, 0.1) is 5.69 Å². The number of halogens is 6. The highest BCUT2D eigenvalue weighted by atomic mass is 19.4. The third kappa shape index (κ3) is 5.29. The van der Waals surface area contributed by atoms with Crippen LogP contribution in [-0.4, -0.2) is 83.4 Å². The number of rotatable bonds is 6. The van der Waals surface area contributed by atoms with Crippen LogP contribution in [0.5, 0.6) is 0 Å². The summed E-state index contributed by atoms with van der Waals surface area (Å²) in [4.78, 5) is 17.7. The first-order valence-corrected chi connectivity index (χ1v) is 12.7. The molecule has 13 heteroatoms. The molecule has 0 aliphatic carbocycles. The van der Waals surface area contributed by atoms with Gasteiger partial charge in [-0.25, -0.2) is 4.79 Å². The summed E-state index contributed by atoms with van der Waals surface area (Å²) in [6.07, 6.45) is -14.0. The van der Waals surface area contributed by atoms with Crippen LogP contribution >= 0.6 is 0 Å². The summed E-state index contributed by atoms with van der Waals surface area (Å²) >= 11 is 0. The third-order valence-corrected chi connectivity index (χ3v) is 7.54. The lowest BCUT2D eigenvalue weighted by molar-refractivity contribution is -0.308. The Labute approximate surface area is 215 Å². The van der Waals surface area contributed by atoms with Crippen LogP contribution < -0.4 is 4.90 Å². The molecule has 0 spiro atoms. The maximum absolute atomic E-state index is 12.8. The fourth-order valence-electron chi connectivity index (χ4n) is 5.58. The molecule has 5 rings (SSSR count). The van der Waals surface area contributed by atoms with Crippen LogP contribution in [0.25, 0.3) is 11.3 Å². The van der Waals surface area contributed by atoms with E-state index in [1.807, 2.05) is 29.9 Å². The summed E-state index contributed by atoms with van der Waals surface area (Å²) in [6.45, 7) is 6.58. The second kappa shape index (κ2) is 9.97. The fraction of sp³-hybridized carbons (Fsp3) is 0.600. The zero-order chi connectivity index (χ0) is 27.2. The average Bonchev–Trinajstić information content (AvgIpc) is 3.48. The summed E-state index contributed by atoms with van der Waals surface area (Å²) in [6, 6.07) is 8.16. The molecule has 1 aromatic heterocycles. The first kappa shape index (κ1) is 26.6. The Bertz CT molecular complexity index is 1130. The maximum atomic E-state index is 12.8. The Hall–Kier alpha value is -2.96. The van der Waals surface area contributed by atoms with Gasteiger partial charge < -0.3 is 14.5 Å². The Morgan fingerprint density at radius 3 is 2.21 bits per heavy atom. The van der Waals surface area contributed by atoms with Crippen LogP contribution in [0.3, 0.4) is 0 Å². The Morgan fingerprint density at radius 2 is 1.66 bits per heavy atom. The third-order valence-electron chi connectivity index (χ3n) is 7.54. The number of hydrogen-bond acceptors (Lipinski definition) is 5. The van der Waals surface area contributed by atoms with Gasteiger partial charge >= 0.3 is 18.4 Å². The molecule has 0 radical (unpaired) electrons. The molecular weight excluding hydrogens is 516 g/mol. The molecule has 2 aromatic rings. The quantitative estimate of drug-likeness (QED) is 0.490. The lowest BCUT2D eigenvalue weighted by atomic mass is 10.0. The zero-order valence-electron chi connectivity index (χ0n) is 20.8. The molecule has 3 aliphatic rings. The fourth-order valence-corrected chi connectivity index (χ4v) is 5.58. The highest BCUT2D eigenvalue weighted by Gasteiger charge is 2.60. The summed E-state index contributed by atoms with van der Waals surface area (Å²) in [7, 11) is 0. The Morgan fingerprint density at radius 1 is 1.03 bits per heavy atom. The Balaban J connectivity index is 1.25. The van der Waals surface area contributed by atoms with Crippen molar-refractivity contribution in [2.75, 3.05) is 44.2 Å². The number of fused-ring (bicyclic) bond motifs is 1. The lowest BCUT2D eigenvalue weighted by Gasteiger charge is -2.34. The minimum absolute atomic E-state index is 0.0569. The van der Waals surface area contributed by atoms with Crippen LogP contribution in [0.2, 0.25) is 0 Å². The Kier molecular flexibility index (Phi) is 6.99. The van der Waals surface area contributed by atoms with E-state index in [0.29, 0.717) is 26.2 Å². The zero-order valence-corrected chi connectivity index (χ0v) is 20.8. The van der Waals surface area contributed by atoms with E-state index >= 15 is 0 Å². The van der Waals surface area contributed by atoms with Crippen molar-refractivity contribution >= 4 is 11.8 Å². The van der Waals surface area contributed by atoms with Crippen molar-refractivity contribution in [2.24, 2.45) is 11.8 Å². The predicted octanol–water partition coefficient (Wildman–Crippen LogP) is 4.77. The number of amides is 1. The number of benzene rings is 1. The van der Waals surface area contributed by atoms with Crippen molar-refractivity contribution in [3.8, 4) is 11.3 Å². The molecule has 0 N–H and O–H groups in total. The second-order valence-electron chi connectivity index (χ2n) is 10.2. The number of aromatic nitrogens is 2. The average molecular weight is 546 g/mol. The molecule has 0 bridgehead atoms. The second-order valence-corrected chi connectivity index (χ2v) is 10.2. The van der Waals surface area contributed by atoms with Crippen LogP contribution in [0.15, 0.2) is 30.5 Å². The monoisotopic (exact) mass is 545 g/mol. The number of carbonyl (C=O) groups excluding carboxylic acids is 1. The van der Waals surface area contributed by atoms with Crippen molar-refractivity contribution in [3.05, 3.63) is 36.0 Å². The van der Waals surface area contributed by atoms with E-state index in [-0.39, 0.29) is 24.9 Å². The molecule has 38 heavy (non-hydrogen) atoms. The SMILES string of the molecule is CCn1cc(CN2CC3CN(C(=O)OC(C(F)(F)F)C(F)(F)F)CC3C2)c(-c2ccccc2N2CCC2)n1. The molecule has 4 heterocycles. The van der Waals surface area contributed by atoms with Crippen molar-refractivity contribution in [3.63, 3.8) is 0 Å². The smallest absolute Gasteiger partial charge is 0.426 e. The van der Waals surface area contributed by atoms with Gasteiger partial charge in [-0.3, -0.25) is 9.58 Å². The normalized spacial score (nSPS) is 22.2. The molecule has 3 aliphatic heterocycles. The standard InChI is InChI=1S/C25H29F6N5O2/c1-2-36-15-18(21(32-36)19-6-3-4-7-20(19)34-8-5-9-34)12-33-10-16-13-35(14-17(16)11-33)23(37)38-22(24(26,27)28)25(29,30)31/h3-4,6-7,15-17,22H,2,5,8-14H2,1H3. The maximum Gasteiger partial charge on any atom is 0.434 e. The number of nitrogens with zero attached hydrogens (tertiary/aromatic N) is 5. The highest BCUT2D eigenvalue weighted by Crippen LogP contribution is 2.39. The van der Waals surface area contributed by atoms with Gasteiger partial charge in [-0.2, -0.15) is 31.4 Å². The minimum Gasteiger partial charge on any atom is -0.426 e. The van der Waals surface area contributed by atoms with E-state index in [1.165, 1.54) is 0 Å². The number of aryl methyl sites for hydroxylation is 1. The van der Waals surface area contributed by atoms with Crippen LogP contribution in [0, 0.1) is 11.8 Å². The summed E-state index contributed by atoms with van der Waals surface area (Å²) in [5, 5.41) is 4.83. The molecule has 7 nitrogen and oxygen atoms in total. The van der Waals surface area contributed by atoms with E-state index in [0.717, 1.165) is 46.9 Å². The molecule has 0 saturated carbocycles. The number of likely N-dealkylation sites (tertiary alicyclic amines) is 2. The molecule has 1 aromatic carbocycles. The van der Waals surface area contributed by atoms with E-state index in [9.17, 15) is 31.1 Å². The number of ether oxygens (including phenoxy) is 1. The molecule has 208 valence electrons. The van der Waals surface area contributed by atoms with Crippen LogP contribution in [-0.2, 0) is 17.8 Å². The number of carbonyl (C=O) groups is 1. The predicted molar refractivity (Wildman–Crippen MR) is 126 cm³/mol. The molecular formula is C25H29F6N5O2. The van der Waals surface area contributed by atoms with Crippen molar-refractivity contribution < 1.29 is 35.9 Å². The van der Waals surface area contributed by atoms with E-state index in [1.54, 1.807) is 0 Å². The van der Waals surface area contributed by atoms with Crippen molar-refractivity contribution in [1.82, 2.24) is 19.6 Å². The molecule has 3 fully saturated rings. The number of hydrogen-bond donors (Lipinski definition) is 0. The lowest BCUT2D eigenvalue weighted by Crippen LogP contribution is -2.48. The number of para-hydroxylation sites is 1. The molecule has 2 unspecified atom stereocenters. The first-order valence-electron chi connectivity index (χ1n) is 12.7. The largest absolute Gasteiger partial charge is 0.434 e. The van der Waals surface area contributed by atoms with Gasteiger partial charge in [0.25, 0.3) is 6.10 Å². The van der Waals surface area contributed by atoms with E-state index in [2.05, 4.69) is 26.7 Å². The molecule has 1 amide bonds. The van der Waals surface area contributed by atoms with Crippen molar-refractivity contribution in [1.29, 1.82) is 0 Å². The van der Waals surface area contributed by atoms with E-state index < -0.39 is 24.5 Å². The summed E-state index contributed by atoms with van der Waals surface area (Å²) < 4.78 is 82.6. The summed E-state index contributed by atoms with van der Waals surface area (Å²) in [5.74, 6) is -0.119. The number of anilines is 1. The van der Waals surface area contributed by atoms with Gasteiger partial charge in [0.2, 0.25) is 0 Å². The highest BCUT2D eigenvalue weighted by molar-refractivity contribution is 5.78. The molecule has 3 saturated heterocycles. The van der Waals surface area contributed by atoms with Crippen LogP contribution in [0.1, 0.15) is 18.9 Å². The van der Waals surface area contributed by atoms with Gasteiger partial charge in [-0.15, -0.1) is 0 Å². The number of alkyl halides is 6. The van der Waals surface area contributed by atoms with Gasteiger partial charge in [0.15, 0.2) is 0 Å². The topological polar surface area (TPSA) is 53.8 Å². The minimum atomic E-state index is -5.73. The van der Waals surface area contributed by atoms with Gasteiger partial charge in [0.1, 0.15) is 0 Å². The van der Waals surface area contributed by atoms with E-state index in [4.69, 9.17) is 5.10 Å². The summed E-state index contributed by atoms with van der Waals surface area (Å²) in [5.41, 5.74) is 4.16. The first-order chi connectivity index (χ1) is 17.9. The van der Waals surface area contributed by atoms with Gasteiger partial charge in [-0.1, -0.05) is 18.2 Å². The molecule has 2 atom stereocenters.